The lowest BCUT2D eigenvalue weighted by molar-refractivity contribution is 0.0611. The summed E-state index contributed by atoms with van der Waals surface area (Å²) in [5, 5.41) is 11.9. The van der Waals surface area contributed by atoms with Crippen LogP contribution in [0.1, 0.15) is 16.2 Å². The quantitative estimate of drug-likeness (QED) is 0.725. The van der Waals surface area contributed by atoms with Gasteiger partial charge in [-0.05, 0) is 19.1 Å². The average Bonchev–Trinajstić information content (AvgIpc) is 2.65. The lowest BCUT2D eigenvalue weighted by Gasteiger charge is -2.34. The Morgan fingerprint density at radius 1 is 1.12 bits per heavy atom. The van der Waals surface area contributed by atoms with Gasteiger partial charge in [0.2, 0.25) is 5.88 Å². The van der Waals surface area contributed by atoms with Gasteiger partial charge in [0.15, 0.2) is 0 Å². The first-order valence-corrected chi connectivity index (χ1v) is 8.52. The first kappa shape index (κ1) is 18.0. The number of ether oxygens (including phenoxy) is 1. The number of hydrogen-bond donors (Lipinski definition) is 0. The monoisotopic (exact) mass is 358 g/mol. The summed E-state index contributed by atoms with van der Waals surface area (Å²) < 4.78 is 6.77. The van der Waals surface area contributed by atoms with Gasteiger partial charge in [0.05, 0.1) is 5.69 Å². The Morgan fingerprint density at radius 3 is 2.54 bits per heavy atom. The van der Waals surface area contributed by atoms with Crippen molar-refractivity contribution in [3.05, 3.63) is 46.0 Å². The summed E-state index contributed by atoms with van der Waals surface area (Å²) in [7, 11) is 1.54. The molecule has 0 saturated carbocycles. The number of amides is 1. The topological polar surface area (TPSA) is 93.5 Å². The van der Waals surface area contributed by atoms with Crippen molar-refractivity contribution < 1.29 is 9.53 Å². The Kier molecular flexibility index (Phi) is 5.57. The summed E-state index contributed by atoms with van der Waals surface area (Å²) in [5.74, 6) is 0.372. The van der Waals surface area contributed by atoms with E-state index in [0.717, 1.165) is 25.3 Å². The van der Waals surface area contributed by atoms with Crippen molar-refractivity contribution in [1.29, 1.82) is 0 Å². The van der Waals surface area contributed by atoms with E-state index >= 15 is 0 Å². The van der Waals surface area contributed by atoms with Crippen molar-refractivity contribution >= 4 is 5.91 Å². The van der Waals surface area contributed by atoms with Crippen molar-refractivity contribution in [2.75, 3.05) is 39.3 Å². The van der Waals surface area contributed by atoms with E-state index in [1.54, 1.807) is 11.0 Å². The van der Waals surface area contributed by atoms with Crippen molar-refractivity contribution in [2.24, 2.45) is 7.05 Å². The summed E-state index contributed by atoms with van der Waals surface area (Å²) in [4.78, 5) is 27.9. The number of rotatable bonds is 5. The fraction of sp³-hybridized carbons (Fsp3) is 0.471. The summed E-state index contributed by atoms with van der Waals surface area (Å²) in [6.45, 7) is 5.92. The highest BCUT2D eigenvalue weighted by molar-refractivity contribution is 5.92. The molecule has 1 aliphatic rings. The molecule has 138 valence electrons. The minimum atomic E-state index is -0.232. The summed E-state index contributed by atoms with van der Waals surface area (Å²) >= 11 is 0. The number of piperazine rings is 1. The maximum absolute atomic E-state index is 12.5. The van der Waals surface area contributed by atoms with Crippen LogP contribution >= 0.6 is 0 Å². The molecule has 0 unspecified atom stereocenters. The van der Waals surface area contributed by atoms with E-state index in [4.69, 9.17) is 4.74 Å². The zero-order valence-electron chi connectivity index (χ0n) is 15.0. The Bertz CT molecular complexity index is 812. The van der Waals surface area contributed by atoms with E-state index in [2.05, 4.69) is 20.2 Å². The molecule has 1 aliphatic heterocycles. The smallest absolute Gasteiger partial charge is 0.274 e. The van der Waals surface area contributed by atoms with Gasteiger partial charge >= 0.3 is 0 Å². The first-order valence-electron chi connectivity index (χ1n) is 8.52. The van der Waals surface area contributed by atoms with Crippen LogP contribution in [0.5, 0.6) is 5.88 Å². The van der Waals surface area contributed by atoms with Gasteiger partial charge in [-0.25, -0.2) is 4.68 Å². The summed E-state index contributed by atoms with van der Waals surface area (Å²) in [6, 6.07) is 6.51. The number of hydrogen-bond acceptors (Lipinski definition) is 7. The predicted octanol–water partition coefficient (Wildman–Crippen LogP) is -0.284. The van der Waals surface area contributed by atoms with E-state index in [0.29, 0.717) is 31.3 Å². The van der Waals surface area contributed by atoms with Crippen LogP contribution in [0.15, 0.2) is 29.1 Å². The second-order valence-corrected chi connectivity index (χ2v) is 6.18. The van der Waals surface area contributed by atoms with Crippen LogP contribution in [0, 0.1) is 6.92 Å². The molecule has 3 heterocycles. The maximum atomic E-state index is 12.5. The van der Waals surface area contributed by atoms with Crippen LogP contribution in [-0.4, -0.2) is 75.0 Å². The largest absolute Gasteiger partial charge is 0.475 e. The Balaban J connectivity index is 1.44. The summed E-state index contributed by atoms with van der Waals surface area (Å²) in [5.41, 5.74) is 0.914. The molecular weight excluding hydrogens is 336 g/mol. The predicted molar refractivity (Wildman–Crippen MR) is 94.1 cm³/mol. The van der Waals surface area contributed by atoms with Crippen LogP contribution in [0.3, 0.4) is 0 Å². The summed E-state index contributed by atoms with van der Waals surface area (Å²) in [6.07, 6.45) is 0. The van der Waals surface area contributed by atoms with Gasteiger partial charge in [0, 0.05) is 51.9 Å². The molecule has 3 rings (SSSR count). The van der Waals surface area contributed by atoms with Crippen molar-refractivity contribution in [3.63, 3.8) is 0 Å². The minimum absolute atomic E-state index is 0.147. The number of nitrogens with zero attached hydrogens (tertiary/aromatic N) is 6. The average molecular weight is 358 g/mol. The molecule has 26 heavy (non-hydrogen) atoms. The van der Waals surface area contributed by atoms with Crippen LogP contribution in [0.4, 0.5) is 0 Å². The van der Waals surface area contributed by atoms with E-state index < -0.39 is 0 Å². The molecule has 9 nitrogen and oxygen atoms in total. The van der Waals surface area contributed by atoms with Crippen LogP contribution in [0.25, 0.3) is 0 Å². The van der Waals surface area contributed by atoms with Gasteiger partial charge in [0.1, 0.15) is 12.3 Å². The number of carbonyl (C=O) groups is 1. The van der Waals surface area contributed by atoms with Gasteiger partial charge in [0.25, 0.3) is 11.5 Å². The Labute approximate surface area is 151 Å². The second-order valence-electron chi connectivity index (χ2n) is 6.18. The standard InChI is InChI=1S/C17H22N6O3/c1-13-3-5-15(19-18-13)26-12-11-22-7-9-23(10-8-22)17(25)14-4-6-16(24)21(2)20-14/h3-6H,7-12H2,1-2H3. The molecule has 2 aromatic rings. The SMILES string of the molecule is Cc1ccc(OCCN2CCN(C(=O)c3ccc(=O)n(C)n3)CC2)nn1. The van der Waals surface area contributed by atoms with Crippen molar-refractivity contribution in [1.82, 2.24) is 29.8 Å². The minimum Gasteiger partial charge on any atom is -0.475 e. The van der Waals surface area contributed by atoms with Crippen molar-refractivity contribution in [3.8, 4) is 5.88 Å². The molecule has 1 fully saturated rings. The van der Waals surface area contributed by atoms with E-state index in [-0.39, 0.29) is 11.5 Å². The van der Waals surface area contributed by atoms with E-state index in [1.807, 2.05) is 13.0 Å². The highest BCUT2D eigenvalue weighted by Gasteiger charge is 2.23. The highest BCUT2D eigenvalue weighted by atomic mass is 16.5. The van der Waals surface area contributed by atoms with Crippen molar-refractivity contribution in [2.45, 2.75) is 6.92 Å². The number of aryl methyl sites for hydroxylation is 2. The molecule has 0 aliphatic carbocycles. The lowest BCUT2D eigenvalue weighted by atomic mass is 10.2. The molecule has 0 atom stereocenters. The second kappa shape index (κ2) is 8.05. The van der Waals surface area contributed by atoms with Gasteiger partial charge in [-0.15, -0.1) is 5.10 Å². The molecule has 0 N–H and O–H groups in total. The molecule has 9 heteroatoms. The van der Waals surface area contributed by atoms with Gasteiger partial charge in [-0.2, -0.15) is 10.2 Å². The van der Waals surface area contributed by atoms with Crippen LogP contribution < -0.4 is 10.3 Å². The normalized spacial score (nSPS) is 15.1. The van der Waals surface area contributed by atoms with Crippen LogP contribution in [0.2, 0.25) is 0 Å². The Hall–Kier alpha value is -2.81. The third-order valence-corrected chi connectivity index (χ3v) is 4.27. The number of aromatic nitrogens is 4. The molecule has 1 amide bonds. The third kappa shape index (κ3) is 4.42. The number of carbonyl (C=O) groups excluding carboxylic acids is 1. The van der Waals surface area contributed by atoms with E-state index in [1.165, 1.54) is 23.9 Å². The molecule has 0 radical (unpaired) electrons. The molecule has 0 spiro atoms. The van der Waals surface area contributed by atoms with Gasteiger partial charge < -0.3 is 9.64 Å². The van der Waals surface area contributed by atoms with Gasteiger partial charge in [-0.1, -0.05) is 0 Å². The van der Waals surface area contributed by atoms with E-state index in [9.17, 15) is 9.59 Å². The Morgan fingerprint density at radius 2 is 1.88 bits per heavy atom. The molecular formula is C17H22N6O3. The molecule has 1 saturated heterocycles. The first-order chi connectivity index (χ1) is 12.5. The lowest BCUT2D eigenvalue weighted by Crippen LogP contribution is -2.49. The molecule has 0 bridgehead atoms. The van der Waals surface area contributed by atoms with Crippen LogP contribution in [-0.2, 0) is 7.05 Å². The molecule has 2 aromatic heterocycles. The third-order valence-electron chi connectivity index (χ3n) is 4.27. The zero-order chi connectivity index (χ0) is 18.5. The maximum Gasteiger partial charge on any atom is 0.274 e. The molecule has 0 aromatic carbocycles. The van der Waals surface area contributed by atoms with Gasteiger partial charge in [-0.3, -0.25) is 14.5 Å². The fourth-order valence-corrected chi connectivity index (χ4v) is 2.70. The highest BCUT2D eigenvalue weighted by Crippen LogP contribution is 2.07. The zero-order valence-corrected chi connectivity index (χ0v) is 15.0. The fourth-order valence-electron chi connectivity index (χ4n) is 2.70.